The van der Waals surface area contributed by atoms with Gasteiger partial charge in [0.2, 0.25) is 5.91 Å². The molecule has 0 radical (unpaired) electrons. The Morgan fingerprint density at radius 1 is 1.24 bits per heavy atom. The van der Waals surface area contributed by atoms with E-state index >= 15 is 0 Å². The number of esters is 1. The third-order valence-electron chi connectivity index (χ3n) is 4.65. The number of para-hydroxylation sites is 1. The summed E-state index contributed by atoms with van der Waals surface area (Å²) >= 11 is 0. The van der Waals surface area contributed by atoms with Crippen molar-refractivity contribution in [2.24, 2.45) is 0 Å². The van der Waals surface area contributed by atoms with Crippen LogP contribution in [0.1, 0.15) is 44.1 Å². The third-order valence-corrected chi connectivity index (χ3v) is 4.65. The molecule has 1 amide bonds. The molecule has 1 aromatic carbocycles. The van der Waals surface area contributed by atoms with Gasteiger partial charge >= 0.3 is 5.97 Å². The number of methoxy groups -OCH3 is 1. The highest BCUT2D eigenvalue weighted by Crippen LogP contribution is 2.25. The summed E-state index contributed by atoms with van der Waals surface area (Å²) in [5, 5.41) is 11.1. The predicted molar refractivity (Wildman–Crippen MR) is 92.0 cm³/mol. The molecular weight excluding hydrogens is 324 g/mol. The smallest absolute Gasteiger partial charge is 0.307 e. The molecular formula is C18H24N2O5. The highest BCUT2D eigenvalue weighted by atomic mass is 16.6. The number of hydrogen-bond acceptors (Lipinski definition) is 5. The van der Waals surface area contributed by atoms with Crippen LogP contribution in [0.4, 0.5) is 5.69 Å². The van der Waals surface area contributed by atoms with Crippen molar-refractivity contribution >= 4 is 17.6 Å². The van der Waals surface area contributed by atoms with Gasteiger partial charge in [-0.1, -0.05) is 37.5 Å². The Bertz CT molecular complexity index is 626. The Hall–Kier alpha value is -2.44. The summed E-state index contributed by atoms with van der Waals surface area (Å²) in [5.74, 6) is -0.538. The minimum atomic E-state index is -0.470. The fraction of sp³-hybridized carbons (Fsp3) is 0.556. The second-order valence-corrected chi connectivity index (χ2v) is 6.27. The van der Waals surface area contributed by atoms with Crippen molar-refractivity contribution in [1.82, 2.24) is 4.90 Å². The molecule has 136 valence electrons. The normalized spacial score (nSPS) is 14.8. The number of nitro groups is 1. The number of hydrogen-bond donors (Lipinski definition) is 0. The van der Waals surface area contributed by atoms with Gasteiger partial charge in [-0.25, -0.2) is 0 Å². The lowest BCUT2D eigenvalue weighted by Gasteiger charge is -2.34. The maximum Gasteiger partial charge on any atom is 0.307 e. The fourth-order valence-electron chi connectivity index (χ4n) is 3.32. The van der Waals surface area contributed by atoms with Gasteiger partial charge in [0.15, 0.2) is 0 Å². The molecule has 0 N–H and O–H groups in total. The van der Waals surface area contributed by atoms with Crippen molar-refractivity contribution < 1.29 is 19.2 Å². The van der Waals surface area contributed by atoms with Crippen LogP contribution in [0.25, 0.3) is 0 Å². The molecule has 0 spiro atoms. The molecule has 0 heterocycles. The summed E-state index contributed by atoms with van der Waals surface area (Å²) in [6.45, 7) is 0.288. The van der Waals surface area contributed by atoms with Gasteiger partial charge in [0.1, 0.15) is 0 Å². The molecule has 2 rings (SSSR count). The van der Waals surface area contributed by atoms with Gasteiger partial charge < -0.3 is 9.64 Å². The zero-order chi connectivity index (χ0) is 18.2. The van der Waals surface area contributed by atoms with Gasteiger partial charge in [-0.05, 0) is 12.8 Å². The number of amides is 1. The van der Waals surface area contributed by atoms with Crippen LogP contribution in [0.2, 0.25) is 0 Å². The molecule has 7 nitrogen and oxygen atoms in total. The lowest BCUT2D eigenvalue weighted by molar-refractivity contribution is -0.385. The summed E-state index contributed by atoms with van der Waals surface area (Å²) in [6, 6.07) is 6.38. The summed E-state index contributed by atoms with van der Waals surface area (Å²) in [7, 11) is 1.32. The van der Waals surface area contributed by atoms with Crippen molar-refractivity contribution in [3.63, 3.8) is 0 Å². The first-order chi connectivity index (χ1) is 12.0. The number of rotatable bonds is 7. The minimum Gasteiger partial charge on any atom is -0.469 e. The highest BCUT2D eigenvalue weighted by Gasteiger charge is 2.27. The molecule has 0 saturated heterocycles. The summed E-state index contributed by atoms with van der Waals surface area (Å²) in [5.41, 5.74) is 0.351. The molecule has 1 fully saturated rings. The molecule has 0 atom stereocenters. The Labute approximate surface area is 147 Å². The van der Waals surface area contributed by atoms with Crippen molar-refractivity contribution in [2.45, 2.75) is 51.0 Å². The first kappa shape index (κ1) is 18.9. The molecule has 1 saturated carbocycles. The van der Waals surface area contributed by atoms with Gasteiger partial charge in [0, 0.05) is 24.2 Å². The number of carbonyl (C=O) groups excluding carboxylic acids is 2. The van der Waals surface area contributed by atoms with Gasteiger partial charge in [-0.2, -0.15) is 0 Å². The molecule has 0 aromatic heterocycles. The van der Waals surface area contributed by atoms with Crippen molar-refractivity contribution in [1.29, 1.82) is 0 Å². The van der Waals surface area contributed by atoms with Crippen molar-refractivity contribution in [2.75, 3.05) is 13.7 Å². The fourth-order valence-corrected chi connectivity index (χ4v) is 3.32. The van der Waals surface area contributed by atoms with E-state index < -0.39 is 4.92 Å². The van der Waals surface area contributed by atoms with E-state index in [1.807, 2.05) is 0 Å². The van der Waals surface area contributed by atoms with Crippen LogP contribution in [0.5, 0.6) is 0 Å². The van der Waals surface area contributed by atoms with Crippen molar-refractivity contribution in [3.05, 3.63) is 39.9 Å². The second kappa shape index (κ2) is 9.15. The average Bonchev–Trinajstić information content (AvgIpc) is 2.62. The lowest BCUT2D eigenvalue weighted by Crippen LogP contribution is -2.43. The maximum absolute atomic E-state index is 12.8. The Morgan fingerprint density at radius 2 is 1.92 bits per heavy atom. The SMILES string of the molecule is COC(=O)CCN(C(=O)Cc1ccccc1[N+](=O)[O-])C1CCCCC1. The van der Waals surface area contributed by atoms with Crippen LogP contribution in [0, 0.1) is 10.1 Å². The predicted octanol–water partition coefficient (Wildman–Crippen LogP) is 2.86. The molecule has 25 heavy (non-hydrogen) atoms. The monoisotopic (exact) mass is 348 g/mol. The van der Waals surface area contributed by atoms with Gasteiger partial charge in [0.05, 0.1) is 24.9 Å². The Balaban J connectivity index is 2.13. The topological polar surface area (TPSA) is 89.8 Å². The number of benzene rings is 1. The first-order valence-corrected chi connectivity index (χ1v) is 8.61. The Morgan fingerprint density at radius 3 is 2.56 bits per heavy atom. The number of carbonyl (C=O) groups is 2. The van der Waals surface area contributed by atoms with E-state index in [0.29, 0.717) is 5.56 Å². The molecule has 7 heteroatoms. The number of ether oxygens (including phenoxy) is 1. The summed E-state index contributed by atoms with van der Waals surface area (Å²) < 4.78 is 4.67. The maximum atomic E-state index is 12.8. The van der Waals surface area contributed by atoms with Gasteiger partial charge in [0.25, 0.3) is 5.69 Å². The van der Waals surface area contributed by atoms with Crippen LogP contribution in [0.15, 0.2) is 24.3 Å². The zero-order valence-corrected chi connectivity index (χ0v) is 14.5. The van der Waals surface area contributed by atoms with E-state index in [1.165, 1.54) is 13.2 Å². The molecule has 1 aromatic rings. The largest absolute Gasteiger partial charge is 0.469 e. The standard InChI is InChI=1S/C18H24N2O5/c1-25-18(22)11-12-19(15-8-3-2-4-9-15)17(21)13-14-7-5-6-10-16(14)20(23)24/h5-7,10,15H,2-4,8-9,11-13H2,1H3. The van der Waals surface area contributed by atoms with E-state index in [4.69, 9.17) is 0 Å². The molecule has 0 aliphatic heterocycles. The quantitative estimate of drug-likeness (QED) is 0.429. The Kier molecular flexibility index (Phi) is 6.91. The third kappa shape index (κ3) is 5.27. The average molecular weight is 348 g/mol. The van der Waals surface area contributed by atoms with Crippen LogP contribution >= 0.6 is 0 Å². The second-order valence-electron chi connectivity index (χ2n) is 6.27. The summed E-state index contributed by atoms with van der Waals surface area (Å²) in [6.07, 6.45) is 5.17. The zero-order valence-electron chi connectivity index (χ0n) is 14.5. The van der Waals surface area contributed by atoms with E-state index in [-0.39, 0.29) is 43.0 Å². The highest BCUT2D eigenvalue weighted by molar-refractivity contribution is 5.81. The lowest BCUT2D eigenvalue weighted by atomic mass is 9.93. The van der Waals surface area contributed by atoms with Crippen LogP contribution in [0.3, 0.4) is 0 Å². The molecule has 0 unspecified atom stereocenters. The number of nitro benzene ring substituents is 1. The molecule has 1 aliphatic rings. The van der Waals surface area contributed by atoms with Crippen LogP contribution < -0.4 is 0 Å². The first-order valence-electron chi connectivity index (χ1n) is 8.61. The van der Waals surface area contributed by atoms with Crippen molar-refractivity contribution in [3.8, 4) is 0 Å². The minimum absolute atomic E-state index is 0.0329. The van der Waals surface area contributed by atoms with E-state index in [1.54, 1.807) is 23.1 Å². The van der Waals surface area contributed by atoms with E-state index in [2.05, 4.69) is 4.74 Å². The van der Waals surface area contributed by atoms with E-state index in [9.17, 15) is 19.7 Å². The van der Waals surface area contributed by atoms with E-state index in [0.717, 1.165) is 32.1 Å². The van der Waals surface area contributed by atoms with Gasteiger partial charge in [-0.3, -0.25) is 19.7 Å². The van der Waals surface area contributed by atoms with Crippen LogP contribution in [-0.4, -0.2) is 41.4 Å². The molecule has 0 bridgehead atoms. The summed E-state index contributed by atoms with van der Waals surface area (Å²) in [4.78, 5) is 36.7. The molecule has 1 aliphatic carbocycles. The number of nitrogens with zero attached hydrogens (tertiary/aromatic N) is 2. The van der Waals surface area contributed by atoms with Gasteiger partial charge in [-0.15, -0.1) is 0 Å². The van der Waals surface area contributed by atoms with Crippen LogP contribution in [-0.2, 0) is 20.7 Å².